The molecule has 1 aromatic carbocycles. The zero-order valence-corrected chi connectivity index (χ0v) is 13.6. The molecule has 0 bridgehead atoms. The number of benzene rings is 1. The number of nitrogens with one attached hydrogen (secondary N) is 2. The van der Waals surface area contributed by atoms with Crippen LogP contribution in [0.15, 0.2) is 29.4 Å². The summed E-state index contributed by atoms with van der Waals surface area (Å²) >= 11 is 0. The highest BCUT2D eigenvalue weighted by Crippen LogP contribution is 2.34. The van der Waals surface area contributed by atoms with E-state index in [1.54, 1.807) is 12.1 Å². The Hall–Kier alpha value is -2.70. The molecule has 0 radical (unpaired) electrons. The van der Waals surface area contributed by atoms with Crippen molar-refractivity contribution in [2.75, 3.05) is 16.9 Å². The van der Waals surface area contributed by atoms with E-state index in [1.807, 2.05) is 24.1 Å². The van der Waals surface area contributed by atoms with Crippen molar-refractivity contribution < 1.29 is 4.79 Å². The Balaban J connectivity index is 1.41. The topological polar surface area (TPSA) is 86.3 Å². The van der Waals surface area contributed by atoms with E-state index in [0.717, 1.165) is 43.0 Å². The Morgan fingerprint density at radius 1 is 1.29 bits per heavy atom. The second kappa shape index (κ2) is 6.07. The van der Waals surface area contributed by atoms with Gasteiger partial charge in [-0.15, -0.1) is 5.10 Å². The number of amides is 1. The number of hydrazone groups is 1. The Labute approximate surface area is 140 Å². The minimum Gasteiger partial charge on any atom is -0.289 e. The number of aromatic nitrogens is 3. The number of H-pyrrole nitrogens is 1. The van der Waals surface area contributed by atoms with Crippen LogP contribution in [0.1, 0.15) is 54.7 Å². The number of carbonyl (C=O) groups is 1. The minimum atomic E-state index is -0.207. The van der Waals surface area contributed by atoms with Crippen molar-refractivity contribution in [3.05, 3.63) is 35.7 Å². The third-order valence-corrected chi connectivity index (χ3v) is 4.62. The van der Waals surface area contributed by atoms with E-state index in [-0.39, 0.29) is 5.91 Å². The first-order valence-electron chi connectivity index (χ1n) is 8.34. The van der Waals surface area contributed by atoms with Crippen LogP contribution in [0, 0.1) is 0 Å². The summed E-state index contributed by atoms with van der Waals surface area (Å²) in [4.78, 5) is 16.7. The number of hydrogen-bond acceptors (Lipinski definition) is 5. The molecule has 24 heavy (non-hydrogen) atoms. The molecule has 124 valence electrons. The first-order valence-corrected chi connectivity index (χ1v) is 8.34. The molecule has 1 aliphatic heterocycles. The fourth-order valence-electron chi connectivity index (χ4n) is 2.91. The summed E-state index contributed by atoms with van der Waals surface area (Å²) in [6.45, 7) is 2.91. The van der Waals surface area contributed by atoms with Crippen molar-refractivity contribution in [1.29, 1.82) is 0 Å². The molecular weight excluding hydrogens is 304 g/mol. The summed E-state index contributed by atoms with van der Waals surface area (Å²) < 4.78 is 0. The van der Waals surface area contributed by atoms with E-state index in [0.29, 0.717) is 17.4 Å². The van der Waals surface area contributed by atoms with Crippen LogP contribution < -0.4 is 10.3 Å². The predicted molar refractivity (Wildman–Crippen MR) is 92.4 cm³/mol. The van der Waals surface area contributed by atoms with Crippen molar-refractivity contribution in [3.8, 4) is 0 Å². The van der Waals surface area contributed by atoms with Gasteiger partial charge in [-0.1, -0.05) is 6.42 Å². The van der Waals surface area contributed by atoms with Gasteiger partial charge in [-0.3, -0.25) is 20.2 Å². The number of anilines is 2. The highest BCUT2D eigenvalue weighted by molar-refractivity contribution is 6.03. The molecule has 0 unspecified atom stereocenters. The lowest BCUT2D eigenvalue weighted by molar-refractivity contribution is 0.102. The van der Waals surface area contributed by atoms with Crippen LogP contribution in [0.5, 0.6) is 0 Å². The first kappa shape index (κ1) is 14.9. The lowest BCUT2D eigenvalue weighted by Gasteiger charge is -2.22. The molecular formula is C17H20N6O. The SMILES string of the molecule is CC1=NN(c2ccc(C(=O)Nc3n[nH]c(C4CCC4)n3)cc2)CC1. The number of rotatable bonds is 4. The van der Waals surface area contributed by atoms with Gasteiger partial charge in [0, 0.05) is 30.2 Å². The van der Waals surface area contributed by atoms with Gasteiger partial charge in [0.15, 0.2) is 0 Å². The fraction of sp³-hybridized carbons (Fsp3) is 0.412. The van der Waals surface area contributed by atoms with Crippen LogP contribution in [0.3, 0.4) is 0 Å². The lowest BCUT2D eigenvalue weighted by atomic mass is 9.85. The van der Waals surface area contributed by atoms with Gasteiger partial charge in [0.05, 0.1) is 5.69 Å². The van der Waals surface area contributed by atoms with Gasteiger partial charge in [0.2, 0.25) is 5.95 Å². The van der Waals surface area contributed by atoms with Gasteiger partial charge in [-0.2, -0.15) is 10.1 Å². The lowest BCUT2D eigenvalue weighted by Crippen LogP contribution is -2.15. The fourth-order valence-corrected chi connectivity index (χ4v) is 2.91. The van der Waals surface area contributed by atoms with Crippen LogP contribution in [-0.2, 0) is 0 Å². The zero-order chi connectivity index (χ0) is 16.5. The molecule has 0 atom stereocenters. The largest absolute Gasteiger partial charge is 0.289 e. The third-order valence-electron chi connectivity index (χ3n) is 4.62. The molecule has 1 saturated carbocycles. The normalized spacial score (nSPS) is 17.5. The maximum atomic E-state index is 12.3. The second-order valence-corrected chi connectivity index (χ2v) is 6.38. The maximum Gasteiger partial charge on any atom is 0.258 e. The van der Waals surface area contributed by atoms with Gasteiger partial charge in [0.25, 0.3) is 5.91 Å². The number of carbonyl (C=O) groups excluding carboxylic acids is 1. The van der Waals surface area contributed by atoms with Gasteiger partial charge in [-0.05, 0) is 44.0 Å². The number of aromatic amines is 1. The van der Waals surface area contributed by atoms with E-state index >= 15 is 0 Å². The molecule has 2 heterocycles. The van der Waals surface area contributed by atoms with E-state index in [9.17, 15) is 4.79 Å². The quantitative estimate of drug-likeness (QED) is 0.905. The van der Waals surface area contributed by atoms with E-state index in [2.05, 4.69) is 25.6 Å². The molecule has 1 aromatic heterocycles. The predicted octanol–water partition coefficient (Wildman–Crippen LogP) is 2.91. The Kier molecular flexibility index (Phi) is 3.76. The third kappa shape index (κ3) is 2.89. The van der Waals surface area contributed by atoms with Gasteiger partial charge >= 0.3 is 0 Å². The van der Waals surface area contributed by atoms with Gasteiger partial charge in [-0.25, -0.2) is 0 Å². The second-order valence-electron chi connectivity index (χ2n) is 6.38. The molecule has 0 spiro atoms. The standard InChI is InChI=1S/C17H20N6O/c1-11-9-10-23(22-11)14-7-5-13(6-8-14)16(24)19-17-18-15(20-21-17)12-3-2-4-12/h5-8,12H,2-4,9-10H2,1H3,(H2,18,19,20,21,24). The Morgan fingerprint density at radius 3 is 2.71 bits per heavy atom. The summed E-state index contributed by atoms with van der Waals surface area (Å²) in [6, 6.07) is 7.42. The average molecular weight is 324 g/mol. The summed E-state index contributed by atoms with van der Waals surface area (Å²) in [6.07, 6.45) is 4.50. The summed E-state index contributed by atoms with van der Waals surface area (Å²) in [5.74, 6) is 1.47. The van der Waals surface area contributed by atoms with Gasteiger partial charge in [0.1, 0.15) is 5.82 Å². The molecule has 7 heteroatoms. The van der Waals surface area contributed by atoms with Crippen LogP contribution >= 0.6 is 0 Å². The molecule has 2 N–H and O–H groups in total. The number of nitrogens with zero attached hydrogens (tertiary/aromatic N) is 4. The molecule has 1 amide bonds. The summed E-state index contributed by atoms with van der Waals surface area (Å²) in [5.41, 5.74) is 2.70. The molecule has 7 nitrogen and oxygen atoms in total. The highest BCUT2D eigenvalue weighted by Gasteiger charge is 2.23. The van der Waals surface area contributed by atoms with Crippen molar-refractivity contribution >= 4 is 23.3 Å². The van der Waals surface area contributed by atoms with Crippen molar-refractivity contribution in [2.24, 2.45) is 5.10 Å². The summed E-state index contributed by atoms with van der Waals surface area (Å²) in [5, 5.41) is 16.2. The monoisotopic (exact) mass is 324 g/mol. The first-order chi connectivity index (χ1) is 11.7. The Bertz CT molecular complexity index is 775. The van der Waals surface area contributed by atoms with Crippen molar-refractivity contribution in [3.63, 3.8) is 0 Å². The molecule has 0 saturated heterocycles. The van der Waals surface area contributed by atoms with Crippen molar-refractivity contribution in [1.82, 2.24) is 15.2 Å². The maximum absolute atomic E-state index is 12.3. The number of hydrogen-bond donors (Lipinski definition) is 2. The van der Waals surface area contributed by atoms with Gasteiger partial charge < -0.3 is 0 Å². The smallest absolute Gasteiger partial charge is 0.258 e. The Morgan fingerprint density at radius 2 is 2.08 bits per heavy atom. The van der Waals surface area contributed by atoms with Crippen LogP contribution in [-0.4, -0.2) is 33.3 Å². The van der Waals surface area contributed by atoms with E-state index in [1.165, 1.54) is 6.42 Å². The van der Waals surface area contributed by atoms with Crippen molar-refractivity contribution in [2.45, 2.75) is 38.5 Å². The average Bonchev–Trinajstić information content (AvgIpc) is 3.15. The molecule has 2 aliphatic rings. The van der Waals surface area contributed by atoms with Crippen LogP contribution in [0.4, 0.5) is 11.6 Å². The highest BCUT2D eigenvalue weighted by atomic mass is 16.1. The molecule has 1 aliphatic carbocycles. The zero-order valence-electron chi connectivity index (χ0n) is 13.6. The minimum absolute atomic E-state index is 0.207. The van der Waals surface area contributed by atoms with Crippen LogP contribution in [0.2, 0.25) is 0 Å². The molecule has 2 aromatic rings. The summed E-state index contributed by atoms with van der Waals surface area (Å²) in [7, 11) is 0. The molecule has 1 fully saturated rings. The van der Waals surface area contributed by atoms with E-state index in [4.69, 9.17) is 0 Å². The molecule has 4 rings (SSSR count). The van der Waals surface area contributed by atoms with E-state index < -0.39 is 0 Å². The van der Waals surface area contributed by atoms with Crippen LogP contribution in [0.25, 0.3) is 0 Å².